The van der Waals surface area contributed by atoms with Crippen LogP contribution in [0.3, 0.4) is 0 Å². The minimum atomic E-state index is -5.00. The maximum Gasteiger partial charge on any atom is 0.416 e. The summed E-state index contributed by atoms with van der Waals surface area (Å²) in [6.45, 7) is 4.96. The number of tetrazole rings is 1. The number of carbonyl (C=O) groups excluding carboxylic acids is 1. The third kappa shape index (κ3) is 5.56. The Morgan fingerprint density at radius 1 is 1.05 bits per heavy atom. The summed E-state index contributed by atoms with van der Waals surface area (Å²) in [5.41, 5.74) is -2.04. The molecule has 0 N–H and O–H groups in total. The van der Waals surface area contributed by atoms with Gasteiger partial charge in [-0.1, -0.05) is 12.0 Å². The Hall–Kier alpha value is -3.85. The Labute approximate surface area is 225 Å². The Morgan fingerprint density at radius 2 is 1.68 bits per heavy atom. The molecule has 1 aliphatic rings. The minimum Gasteiger partial charge on any atom is -0.449 e. The number of carbonyl (C=O) groups is 1. The number of rotatable bonds is 6. The normalized spacial score (nSPS) is 17.6. The van der Waals surface area contributed by atoms with E-state index in [-0.39, 0.29) is 30.6 Å². The molecule has 2 aromatic heterocycles. The molecule has 0 radical (unpaired) electrons. The molecule has 0 saturated heterocycles. The fourth-order valence-electron chi connectivity index (χ4n) is 5.07. The second-order valence-electron chi connectivity index (χ2n) is 9.45. The van der Waals surface area contributed by atoms with Gasteiger partial charge >= 0.3 is 18.4 Å². The highest BCUT2D eigenvalue weighted by Gasteiger charge is 2.44. The number of ether oxygens (including phenoxy) is 1. The number of alkyl halides is 6. The Morgan fingerprint density at radius 3 is 2.17 bits per heavy atom. The van der Waals surface area contributed by atoms with Gasteiger partial charge in [0.25, 0.3) is 5.95 Å². The zero-order chi connectivity index (χ0) is 29.6. The van der Waals surface area contributed by atoms with Gasteiger partial charge in [0.15, 0.2) is 0 Å². The van der Waals surface area contributed by atoms with E-state index in [0.717, 1.165) is 4.80 Å². The lowest BCUT2D eigenvalue weighted by molar-refractivity contribution is -0.143. The van der Waals surface area contributed by atoms with Crippen LogP contribution in [0.25, 0.3) is 0 Å². The summed E-state index contributed by atoms with van der Waals surface area (Å²) in [4.78, 5) is 17.1. The molecule has 0 saturated carbocycles. The number of aromatic nitrogens is 6. The molecular formula is C24H28F6N8O2. The number of aryl methyl sites for hydroxylation is 3. The highest BCUT2D eigenvalue weighted by atomic mass is 19.4. The predicted octanol–water partition coefficient (Wildman–Crippen LogP) is 5.18. The lowest BCUT2D eigenvalue weighted by atomic mass is 9.90. The molecule has 218 valence electrons. The van der Waals surface area contributed by atoms with E-state index >= 15 is 0 Å². The third-order valence-corrected chi connectivity index (χ3v) is 6.73. The van der Waals surface area contributed by atoms with Crippen LogP contribution in [0.15, 0.2) is 18.2 Å². The molecule has 0 fully saturated rings. The van der Waals surface area contributed by atoms with Gasteiger partial charge in [0.2, 0.25) is 0 Å². The topological polar surface area (TPSA) is 94.2 Å². The number of fused-ring (bicyclic) bond motifs is 1. The molecule has 0 aliphatic carbocycles. The van der Waals surface area contributed by atoms with Crippen molar-refractivity contribution in [1.82, 2.24) is 30.0 Å². The van der Waals surface area contributed by atoms with Gasteiger partial charge in [0.05, 0.1) is 36.5 Å². The highest BCUT2D eigenvalue weighted by molar-refractivity contribution is 5.89. The minimum absolute atomic E-state index is 0.00730. The summed E-state index contributed by atoms with van der Waals surface area (Å²) in [5, 5.41) is 16.5. The summed E-state index contributed by atoms with van der Waals surface area (Å²) in [7, 11) is 3.13. The van der Waals surface area contributed by atoms with Gasteiger partial charge < -0.3 is 9.64 Å². The quantitative estimate of drug-likeness (QED) is 0.375. The van der Waals surface area contributed by atoms with Crippen molar-refractivity contribution in [2.45, 2.75) is 64.6 Å². The van der Waals surface area contributed by atoms with Gasteiger partial charge in [-0.25, -0.2) is 4.79 Å². The summed E-state index contributed by atoms with van der Waals surface area (Å²) in [6.07, 6.45) is -9.87. The number of benzene rings is 1. The lowest BCUT2D eigenvalue weighted by Gasteiger charge is -2.42. The van der Waals surface area contributed by atoms with Crippen molar-refractivity contribution in [2.75, 3.05) is 16.4 Å². The Bertz CT molecular complexity index is 1350. The summed E-state index contributed by atoms with van der Waals surface area (Å²) < 4.78 is 88.4. The molecule has 10 nitrogen and oxygen atoms in total. The van der Waals surface area contributed by atoms with Crippen LogP contribution in [-0.4, -0.2) is 48.7 Å². The summed E-state index contributed by atoms with van der Waals surface area (Å²) in [6, 6.07) is 0.342. The largest absolute Gasteiger partial charge is 0.449 e. The number of anilines is 2. The second kappa shape index (κ2) is 10.6. The first kappa shape index (κ1) is 29.1. The molecule has 1 aromatic carbocycles. The molecule has 0 spiro atoms. The predicted molar refractivity (Wildman–Crippen MR) is 130 cm³/mol. The second-order valence-corrected chi connectivity index (χ2v) is 9.45. The molecule has 4 rings (SSSR count). The maximum atomic E-state index is 13.6. The lowest BCUT2D eigenvalue weighted by Crippen LogP contribution is -2.48. The zero-order valence-electron chi connectivity index (χ0n) is 22.4. The monoisotopic (exact) mass is 574 g/mol. The summed E-state index contributed by atoms with van der Waals surface area (Å²) in [5.74, 6) is 0.403. The molecule has 3 heterocycles. The van der Waals surface area contributed by atoms with Gasteiger partial charge in [-0.15, -0.1) is 5.10 Å². The molecule has 2 unspecified atom stereocenters. The molecule has 1 aliphatic heterocycles. The molecule has 3 aromatic rings. The molecule has 2 atom stereocenters. The molecule has 16 heteroatoms. The summed E-state index contributed by atoms with van der Waals surface area (Å²) >= 11 is 0. The van der Waals surface area contributed by atoms with E-state index in [4.69, 9.17) is 4.74 Å². The number of nitrogens with zero attached hydrogens (tertiary/aromatic N) is 8. The van der Waals surface area contributed by atoms with Gasteiger partial charge in [0, 0.05) is 25.2 Å². The first-order valence-corrected chi connectivity index (χ1v) is 12.4. The Kier molecular flexibility index (Phi) is 7.73. The van der Waals surface area contributed by atoms with E-state index < -0.39 is 48.2 Å². The zero-order valence-corrected chi connectivity index (χ0v) is 22.4. The molecule has 40 heavy (non-hydrogen) atoms. The smallest absolute Gasteiger partial charge is 0.416 e. The molecule has 1 amide bonds. The van der Waals surface area contributed by atoms with E-state index in [1.54, 1.807) is 20.9 Å². The van der Waals surface area contributed by atoms with Crippen LogP contribution >= 0.6 is 0 Å². The highest BCUT2D eigenvalue weighted by Crippen LogP contribution is 2.45. The van der Waals surface area contributed by atoms with Crippen molar-refractivity contribution >= 4 is 17.9 Å². The van der Waals surface area contributed by atoms with Crippen LogP contribution in [0.5, 0.6) is 0 Å². The third-order valence-electron chi connectivity index (χ3n) is 6.73. The van der Waals surface area contributed by atoms with E-state index in [1.807, 2.05) is 6.92 Å². The van der Waals surface area contributed by atoms with Crippen molar-refractivity contribution in [3.8, 4) is 0 Å². The van der Waals surface area contributed by atoms with Crippen LogP contribution in [0.2, 0.25) is 0 Å². The fourth-order valence-corrected chi connectivity index (χ4v) is 5.07. The molecule has 0 bridgehead atoms. The molecular weight excluding hydrogens is 546 g/mol. The van der Waals surface area contributed by atoms with Crippen molar-refractivity contribution in [2.24, 2.45) is 14.1 Å². The number of amides is 1. The van der Waals surface area contributed by atoms with Crippen LogP contribution in [-0.2, 0) is 37.7 Å². The van der Waals surface area contributed by atoms with E-state index in [0.29, 0.717) is 35.6 Å². The van der Waals surface area contributed by atoms with Gasteiger partial charge in [-0.2, -0.15) is 36.2 Å². The average molecular weight is 575 g/mol. The van der Waals surface area contributed by atoms with Gasteiger partial charge in [-0.3, -0.25) is 9.58 Å². The van der Waals surface area contributed by atoms with Gasteiger partial charge in [-0.05, 0) is 55.7 Å². The van der Waals surface area contributed by atoms with Crippen molar-refractivity contribution in [3.63, 3.8) is 0 Å². The average Bonchev–Trinajstić information content (AvgIpc) is 3.42. The van der Waals surface area contributed by atoms with Crippen molar-refractivity contribution in [3.05, 3.63) is 46.1 Å². The van der Waals surface area contributed by atoms with Crippen LogP contribution < -0.4 is 9.80 Å². The van der Waals surface area contributed by atoms with E-state index in [9.17, 15) is 31.1 Å². The van der Waals surface area contributed by atoms with Crippen LogP contribution in [0, 0.1) is 6.92 Å². The number of halogens is 6. The number of hydrogen-bond acceptors (Lipinski definition) is 7. The standard InChI is InChI=1S/C24H28F6N8O2/c1-6-17-11-18(19-13(3)32-35(4)20(19)38(17)22(39)40-7-2)37(21-31-34-36(5)33-21)12-14-8-15(23(25,26)27)10-16(9-14)24(28,29)30/h8-10,17-18H,6-7,11-12H2,1-5H3. The van der Waals surface area contributed by atoms with Gasteiger partial charge in [0.1, 0.15) is 5.82 Å². The van der Waals surface area contributed by atoms with Crippen LogP contribution in [0.4, 0.5) is 42.9 Å². The first-order chi connectivity index (χ1) is 18.6. The van der Waals surface area contributed by atoms with Crippen LogP contribution in [0.1, 0.15) is 60.7 Å². The van der Waals surface area contributed by atoms with E-state index in [2.05, 4.69) is 20.5 Å². The number of hydrogen-bond donors (Lipinski definition) is 0. The van der Waals surface area contributed by atoms with Crippen molar-refractivity contribution < 1.29 is 35.9 Å². The van der Waals surface area contributed by atoms with E-state index in [1.165, 1.54) is 21.5 Å². The first-order valence-electron chi connectivity index (χ1n) is 12.4. The maximum absolute atomic E-state index is 13.6. The SMILES string of the molecule is CCOC(=O)N1c2c(c(C)nn2C)C(N(Cc2cc(C(F)(F)F)cc(C(F)(F)F)c2)c2nnn(C)n2)CC1CC. The Balaban J connectivity index is 1.89. The van der Waals surface area contributed by atoms with Crippen molar-refractivity contribution in [1.29, 1.82) is 0 Å². The fraction of sp³-hybridized carbons (Fsp3) is 0.542.